The number of hydrogen-bond donors (Lipinski definition) is 2. The second kappa shape index (κ2) is 8.03. The Hall–Kier alpha value is -2.59. The first-order valence-electron chi connectivity index (χ1n) is 8.98. The summed E-state index contributed by atoms with van der Waals surface area (Å²) in [6, 6.07) is 6.35. The predicted octanol–water partition coefficient (Wildman–Crippen LogP) is 1.56. The Morgan fingerprint density at radius 1 is 1.28 bits per heavy atom. The summed E-state index contributed by atoms with van der Waals surface area (Å²) in [5.41, 5.74) is -0.672. The first-order chi connectivity index (χ1) is 13.6. The van der Waals surface area contributed by atoms with Gasteiger partial charge in [-0.2, -0.15) is 0 Å². The zero-order valence-electron chi connectivity index (χ0n) is 15.9. The van der Waals surface area contributed by atoms with E-state index in [1.54, 1.807) is 31.2 Å². The second-order valence-corrected chi connectivity index (χ2v) is 9.26. The third-order valence-electron chi connectivity index (χ3n) is 4.75. The molecule has 9 nitrogen and oxygen atoms in total. The van der Waals surface area contributed by atoms with E-state index in [-0.39, 0.29) is 18.2 Å². The van der Waals surface area contributed by atoms with Crippen molar-refractivity contribution in [3.05, 3.63) is 50.9 Å². The standard InChI is InChI=1S/C18H21ClN4O5S/c1-11(12-5-7-13(19)8-6-12)20-16(25)14-15(24)17(26)22(2)18(21-14)23-9-3-4-10-29(23,27)28/h5-8,11,24H,3-4,9-10H2,1-2H3,(H,20,25). The maximum absolute atomic E-state index is 12.7. The highest BCUT2D eigenvalue weighted by Gasteiger charge is 2.31. The van der Waals surface area contributed by atoms with Gasteiger partial charge in [0.2, 0.25) is 21.7 Å². The first-order valence-corrected chi connectivity index (χ1v) is 11.0. The molecule has 2 heterocycles. The molecule has 1 atom stereocenters. The fourth-order valence-corrected chi connectivity index (χ4v) is 4.81. The number of benzene rings is 1. The highest BCUT2D eigenvalue weighted by Crippen LogP contribution is 2.23. The lowest BCUT2D eigenvalue weighted by molar-refractivity contribution is 0.0931. The summed E-state index contributed by atoms with van der Waals surface area (Å²) in [7, 11) is -2.36. The number of amides is 1. The average Bonchev–Trinajstić information content (AvgIpc) is 2.67. The van der Waals surface area contributed by atoms with Crippen molar-refractivity contribution in [1.29, 1.82) is 0 Å². The van der Waals surface area contributed by atoms with Crippen molar-refractivity contribution in [2.75, 3.05) is 16.6 Å². The lowest BCUT2D eigenvalue weighted by atomic mass is 10.1. The van der Waals surface area contributed by atoms with Crippen LogP contribution >= 0.6 is 11.6 Å². The fourth-order valence-electron chi connectivity index (χ4n) is 3.07. The van der Waals surface area contributed by atoms with Gasteiger partial charge in [0.05, 0.1) is 11.8 Å². The topological polar surface area (TPSA) is 122 Å². The van der Waals surface area contributed by atoms with Gasteiger partial charge in [-0.3, -0.25) is 14.2 Å². The predicted molar refractivity (Wildman–Crippen MR) is 109 cm³/mol. The molecule has 156 valence electrons. The number of carbonyl (C=O) groups is 1. The molecule has 1 amide bonds. The third kappa shape index (κ3) is 4.23. The molecule has 11 heteroatoms. The van der Waals surface area contributed by atoms with Crippen LogP contribution in [-0.4, -0.2) is 41.3 Å². The van der Waals surface area contributed by atoms with Crippen LogP contribution in [-0.2, 0) is 17.1 Å². The van der Waals surface area contributed by atoms with Gasteiger partial charge in [-0.05, 0) is 37.5 Å². The molecule has 0 aliphatic carbocycles. The number of anilines is 1. The van der Waals surface area contributed by atoms with E-state index in [2.05, 4.69) is 10.3 Å². The molecule has 1 aromatic carbocycles. The van der Waals surface area contributed by atoms with Gasteiger partial charge in [0, 0.05) is 18.6 Å². The maximum Gasteiger partial charge on any atom is 0.297 e. The molecule has 1 aromatic heterocycles. The number of halogens is 1. The molecule has 0 bridgehead atoms. The number of carbonyl (C=O) groups excluding carboxylic acids is 1. The zero-order valence-corrected chi connectivity index (χ0v) is 17.5. The lowest BCUT2D eigenvalue weighted by Crippen LogP contribution is -2.42. The number of nitrogens with one attached hydrogen (secondary N) is 1. The smallest absolute Gasteiger partial charge is 0.297 e. The van der Waals surface area contributed by atoms with E-state index in [1.807, 2.05) is 0 Å². The minimum atomic E-state index is -3.66. The number of sulfonamides is 1. The van der Waals surface area contributed by atoms with Crippen LogP contribution in [0.25, 0.3) is 0 Å². The summed E-state index contributed by atoms with van der Waals surface area (Å²) in [5.74, 6) is -1.90. The summed E-state index contributed by atoms with van der Waals surface area (Å²) in [6.45, 7) is 1.87. The van der Waals surface area contributed by atoms with Crippen LogP contribution in [0.15, 0.2) is 29.1 Å². The number of aromatic hydroxyl groups is 1. The molecule has 3 rings (SSSR count). The van der Waals surface area contributed by atoms with Gasteiger partial charge in [0.15, 0.2) is 5.69 Å². The van der Waals surface area contributed by atoms with Crippen molar-refractivity contribution < 1.29 is 18.3 Å². The van der Waals surface area contributed by atoms with Gasteiger partial charge in [0.1, 0.15) is 0 Å². The minimum absolute atomic E-state index is 0.0706. The molecular formula is C18H21ClN4O5S. The number of aromatic nitrogens is 2. The highest BCUT2D eigenvalue weighted by molar-refractivity contribution is 7.92. The van der Waals surface area contributed by atoms with E-state index in [4.69, 9.17) is 11.6 Å². The summed E-state index contributed by atoms with van der Waals surface area (Å²) in [4.78, 5) is 29.2. The lowest BCUT2D eigenvalue weighted by Gasteiger charge is -2.28. The molecule has 29 heavy (non-hydrogen) atoms. The minimum Gasteiger partial charge on any atom is -0.501 e. The van der Waals surface area contributed by atoms with E-state index < -0.39 is 39.0 Å². The zero-order chi connectivity index (χ0) is 21.3. The van der Waals surface area contributed by atoms with Gasteiger partial charge in [0.25, 0.3) is 11.5 Å². The summed E-state index contributed by atoms with van der Waals surface area (Å²) in [6.07, 6.45) is 1.11. The van der Waals surface area contributed by atoms with Crippen molar-refractivity contribution >= 4 is 33.5 Å². The second-order valence-electron chi connectivity index (χ2n) is 6.82. The van der Waals surface area contributed by atoms with Crippen LogP contribution in [0.3, 0.4) is 0 Å². The van der Waals surface area contributed by atoms with Crippen LogP contribution in [0.2, 0.25) is 5.02 Å². The van der Waals surface area contributed by atoms with Gasteiger partial charge < -0.3 is 10.4 Å². The molecule has 2 N–H and O–H groups in total. The van der Waals surface area contributed by atoms with Crippen molar-refractivity contribution in [2.24, 2.45) is 7.05 Å². The molecule has 1 aliphatic heterocycles. The molecule has 1 fully saturated rings. The Morgan fingerprint density at radius 2 is 1.93 bits per heavy atom. The monoisotopic (exact) mass is 440 g/mol. The molecule has 0 radical (unpaired) electrons. The number of rotatable bonds is 4. The van der Waals surface area contributed by atoms with Gasteiger partial charge >= 0.3 is 0 Å². The van der Waals surface area contributed by atoms with Crippen molar-refractivity contribution in [1.82, 2.24) is 14.9 Å². The third-order valence-corrected chi connectivity index (χ3v) is 6.82. The van der Waals surface area contributed by atoms with Gasteiger partial charge in [-0.25, -0.2) is 17.7 Å². The molecule has 1 aliphatic rings. The van der Waals surface area contributed by atoms with Gasteiger partial charge in [-0.1, -0.05) is 23.7 Å². The normalized spacial score (nSPS) is 17.0. The Balaban J connectivity index is 1.96. The van der Waals surface area contributed by atoms with Crippen LogP contribution < -0.4 is 15.2 Å². The summed E-state index contributed by atoms with van der Waals surface area (Å²) in [5, 5.41) is 13.4. The Labute approximate surface area is 173 Å². The summed E-state index contributed by atoms with van der Waals surface area (Å²) >= 11 is 5.86. The summed E-state index contributed by atoms with van der Waals surface area (Å²) < 4.78 is 26.7. The number of hydrogen-bond acceptors (Lipinski definition) is 6. The molecule has 1 unspecified atom stereocenters. The molecule has 0 spiro atoms. The quantitative estimate of drug-likeness (QED) is 0.744. The Bertz CT molecular complexity index is 1100. The Kier molecular flexibility index (Phi) is 5.85. The average molecular weight is 441 g/mol. The van der Waals surface area contributed by atoms with E-state index in [9.17, 15) is 23.1 Å². The molecular weight excluding hydrogens is 420 g/mol. The van der Waals surface area contributed by atoms with Crippen LogP contribution in [0.5, 0.6) is 5.75 Å². The van der Waals surface area contributed by atoms with E-state index in [1.165, 1.54) is 7.05 Å². The fraction of sp³-hybridized carbons (Fsp3) is 0.389. The van der Waals surface area contributed by atoms with Gasteiger partial charge in [-0.15, -0.1) is 0 Å². The molecule has 0 saturated carbocycles. The van der Waals surface area contributed by atoms with Crippen LogP contribution in [0.4, 0.5) is 5.95 Å². The first kappa shape index (κ1) is 21.1. The van der Waals surface area contributed by atoms with Crippen LogP contribution in [0, 0.1) is 0 Å². The van der Waals surface area contributed by atoms with Crippen molar-refractivity contribution in [3.8, 4) is 5.75 Å². The van der Waals surface area contributed by atoms with Crippen LogP contribution in [0.1, 0.15) is 41.9 Å². The molecule has 2 aromatic rings. The Morgan fingerprint density at radius 3 is 2.55 bits per heavy atom. The number of nitrogens with zero attached hydrogens (tertiary/aromatic N) is 3. The van der Waals surface area contributed by atoms with Crippen molar-refractivity contribution in [2.45, 2.75) is 25.8 Å². The highest BCUT2D eigenvalue weighted by atomic mass is 35.5. The van der Waals surface area contributed by atoms with Crippen molar-refractivity contribution in [3.63, 3.8) is 0 Å². The largest absolute Gasteiger partial charge is 0.501 e. The maximum atomic E-state index is 12.7. The molecule has 1 saturated heterocycles. The van der Waals surface area contributed by atoms with E-state index >= 15 is 0 Å². The SMILES string of the molecule is CC(NC(=O)c1nc(N2CCCCS2(=O)=O)n(C)c(=O)c1O)c1ccc(Cl)cc1. The van der Waals surface area contributed by atoms with E-state index in [0.717, 1.165) is 14.4 Å². The van der Waals surface area contributed by atoms with E-state index in [0.29, 0.717) is 17.9 Å².